The Balaban J connectivity index is 2.10. The molecule has 0 radical (unpaired) electrons. The molecule has 1 aromatic carbocycles. The molecule has 3 nitrogen and oxygen atoms in total. The van der Waals surface area contributed by atoms with Gasteiger partial charge in [0.05, 0.1) is 6.10 Å². The third kappa shape index (κ3) is 3.42. The van der Waals surface area contributed by atoms with Crippen molar-refractivity contribution < 1.29 is 18.3 Å². The number of benzene rings is 1. The molecule has 0 bridgehead atoms. The number of hydrogen-bond acceptors (Lipinski definition) is 3. The summed E-state index contributed by atoms with van der Waals surface area (Å²) in [5.41, 5.74) is 5.78. The Bertz CT molecular complexity index is 416. The van der Waals surface area contributed by atoms with Crippen molar-refractivity contribution in [3.05, 3.63) is 29.3 Å². The van der Waals surface area contributed by atoms with Crippen molar-refractivity contribution in [2.75, 3.05) is 7.11 Å². The van der Waals surface area contributed by atoms with Gasteiger partial charge in [0.15, 0.2) is 17.4 Å². The van der Waals surface area contributed by atoms with Crippen molar-refractivity contribution in [3.8, 4) is 5.75 Å². The van der Waals surface area contributed by atoms with Crippen LogP contribution in [-0.2, 0) is 11.3 Å². The molecule has 2 rings (SSSR count). The van der Waals surface area contributed by atoms with Crippen LogP contribution in [0.4, 0.5) is 8.78 Å². The number of hydrogen-bond donors (Lipinski definition) is 1. The Morgan fingerprint density at radius 2 is 1.84 bits per heavy atom. The smallest absolute Gasteiger partial charge is 0.191 e. The van der Waals surface area contributed by atoms with Gasteiger partial charge in [0, 0.05) is 20.1 Å². The second kappa shape index (κ2) is 6.30. The third-order valence-corrected chi connectivity index (χ3v) is 3.49. The van der Waals surface area contributed by atoms with Gasteiger partial charge in [-0.2, -0.15) is 0 Å². The van der Waals surface area contributed by atoms with Crippen LogP contribution >= 0.6 is 0 Å². The fraction of sp³-hybridized carbons (Fsp3) is 0.571. The Labute approximate surface area is 111 Å². The molecule has 1 fully saturated rings. The third-order valence-electron chi connectivity index (χ3n) is 3.49. The van der Waals surface area contributed by atoms with E-state index in [1.54, 1.807) is 7.11 Å². The van der Waals surface area contributed by atoms with Crippen molar-refractivity contribution in [1.82, 2.24) is 0 Å². The second-order valence-corrected chi connectivity index (χ2v) is 4.86. The van der Waals surface area contributed by atoms with Crippen molar-refractivity contribution in [2.24, 2.45) is 5.73 Å². The molecule has 0 saturated heterocycles. The average molecular weight is 271 g/mol. The zero-order valence-corrected chi connectivity index (χ0v) is 11.0. The maximum Gasteiger partial charge on any atom is 0.191 e. The number of rotatable bonds is 4. The summed E-state index contributed by atoms with van der Waals surface area (Å²) in [5, 5.41) is 0. The van der Waals surface area contributed by atoms with Gasteiger partial charge in [-0.05, 0) is 37.0 Å². The maximum absolute atomic E-state index is 13.8. The van der Waals surface area contributed by atoms with Crippen LogP contribution in [-0.4, -0.2) is 19.3 Å². The van der Waals surface area contributed by atoms with Gasteiger partial charge in [-0.25, -0.2) is 8.78 Å². The molecule has 2 N–H and O–H groups in total. The van der Waals surface area contributed by atoms with E-state index in [-0.39, 0.29) is 24.5 Å². The summed E-state index contributed by atoms with van der Waals surface area (Å²) >= 11 is 0. The fourth-order valence-electron chi connectivity index (χ4n) is 2.43. The summed E-state index contributed by atoms with van der Waals surface area (Å²) in [5.74, 6) is -1.70. The van der Waals surface area contributed by atoms with E-state index in [1.807, 2.05) is 0 Å². The fourth-order valence-corrected chi connectivity index (χ4v) is 2.43. The summed E-state index contributed by atoms with van der Waals surface area (Å²) in [6.45, 7) is 0.100. The molecular weight excluding hydrogens is 252 g/mol. The summed E-state index contributed by atoms with van der Waals surface area (Å²) in [6.07, 6.45) is 3.26. The first-order chi connectivity index (χ1) is 9.13. The molecule has 1 aliphatic carbocycles. The Morgan fingerprint density at radius 3 is 2.42 bits per heavy atom. The summed E-state index contributed by atoms with van der Waals surface area (Å²) in [4.78, 5) is 0. The van der Waals surface area contributed by atoms with E-state index in [1.165, 1.54) is 12.1 Å². The van der Waals surface area contributed by atoms with Gasteiger partial charge < -0.3 is 15.2 Å². The molecule has 106 valence electrons. The highest BCUT2D eigenvalue weighted by molar-refractivity contribution is 5.31. The molecule has 5 heteroatoms. The van der Waals surface area contributed by atoms with Crippen LogP contribution in [0.15, 0.2) is 12.1 Å². The van der Waals surface area contributed by atoms with Crippen LogP contribution in [0, 0.1) is 11.6 Å². The summed E-state index contributed by atoms with van der Waals surface area (Å²) in [7, 11) is 1.64. The molecule has 0 spiro atoms. The minimum atomic E-state index is -0.694. The van der Waals surface area contributed by atoms with E-state index in [0.29, 0.717) is 12.0 Å². The standard InChI is InChI=1S/C14H19F2NO2/c1-18-10-3-2-4-11(7-10)19-14-12(15)5-9(8-17)6-13(14)16/h5-6,10-11H,2-4,7-8,17H2,1H3. The molecule has 1 aliphatic rings. The number of halogens is 2. The van der Waals surface area contributed by atoms with Gasteiger partial charge in [-0.15, -0.1) is 0 Å². The zero-order chi connectivity index (χ0) is 13.8. The topological polar surface area (TPSA) is 44.5 Å². The van der Waals surface area contributed by atoms with Gasteiger partial charge in [0.25, 0.3) is 0 Å². The average Bonchev–Trinajstić information content (AvgIpc) is 2.42. The molecular formula is C14H19F2NO2. The molecule has 1 saturated carbocycles. The van der Waals surface area contributed by atoms with E-state index in [0.717, 1.165) is 19.3 Å². The minimum absolute atomic E-state index is 0.100. The highest BCUT2D eigenvalue weighted by atomic mass is 19.1. The van der Waals surface area contributed by atoms with Gasteiger partial charge in [0.2, 0.25) is 0 Å². The molecule has 2 unspecified atom stereocenters. The van der Waals surface area contributed by atoms with Gasteiger partial charge >= 0.3 is 0 Å². The Morgan fingerprint density at radius 1 is 1.21 bits per heavy atom. The second-order valence-electron chi connectivity index (χ2n) is 4.86. The lowest BCUT2D eigenvalue weighted by molar-refractivity contribution is 0.0184. The largest absolute Gasteiger partial charge is 0.484 e. The Kier molecular flexibility index (Phi) is 4.71. The van der Waals surface area contributed by atoms with Crippen LogP contribution in [0.3, 0.4) is 0 Å². The molecule has 0 amide bonds. The molecule has 19 heavy (non-hydrogen) atoms. The molecule has 2 atom stereocenters. The zero-order valence-electron chi connectivity index (χ0n) is 11.0. The van der Waals surface area contributed by atoms with E-state index >= 15 is 0 Å². The lowest BCUT2D eigenvalue weighted by Crippen LogP contribution is -2.30. The summed E-state index contributed by atoms with van der Waals surface area (Å²) < 4.78 is 38.3. The SMILES string of the molecule is COC1CCCC(Oc2c(F)cc(CN)cc2F)C1. The van der Waals surface area contributed by atoms with Gasteiger partial charge in [-0.3, -0.25) is 0 Å². The van der Waals surface area contributed by atoms with Gasteiger partial charge in [-0.1, -0.05) is 0 Å². The molecule has 0 heterocycles. The number of methoxy groups -OCH3 is 1. The first-order valence-electron chi connectivity index (χ1n) is 6.51. The van der Waals surface area contributed by atoms with Crippen molar-refractivity contribution in [2.45, 2.75) is 44.4 Å². The summed E-state index contributed by atoms with van der Waals surface area (Å²) in [6, 6.07) is 2.43. The predicted octanol–water partition coefficient (Wildman–Crippen LogP) is 2.76. The lowest BCUT2D eigenvalue weighted by atomic mass is 9.95. The number of ether oxygens (including phenoxy) is 2. The van der Waals surface area contributed by atoms with E-state index in [4.69, 9.17) is 15.2 Å². The highest BCUT2D eigenvalue weighted by Gasteiger charge is 2.25. The molecule has 0 aromatic heterocycles. The molecule has 0 aliphatic heterocycles. The maximum atomic E-state index is 13.8. The van der Waals surface area contributed by atoms with Crippen LogP contribution in [0.1, 0.15) is 31.2 Å². The van der Waals surface area contributed by atoms with E-state index < -0.39 is 11.6 Å². The van der Waals surface area contributed by atoms with Crippen LogP contribution < -0.4 is 10.5 Å². The first-order valence-corrected chi connectivity index (χ1v) is 6.51. The van der Waals surface area contributed by atoms with Crippen LogP contribution in [0.5, 0.6) is 5.75 Å². The van der Waals surface area contributed by atoms with Crippen LogP contribution in [0.2, 0.25) is 0 Å². The predicted molar refractivity (Wildman–Crippen MR) is 67.9 cm³/mol. The Hall–Kier alpha value is -1.20. The van der Waals surface area contributed by atoms with E-state index in [9.17, 15) is 8.78 Å². The van der Waals surface area contributed by atoms with Crippen molar-refractivity contribution >= 4 is 0 Å². The monoisotopic (exact) mass is 271 g/mol. The lowest BCUT2D eigenvalue weighted by Gasteiger charge is -2.28. The highest BCUT2D eigenvalue weighted by Crippen LogP contribution is 2.29. The van der Waals surface area contributed by atoms with E-state index in [2.05, 4.69) is 0 Å². The normalized spacial score (nSPS) is 23.4. The van der Waals surface area contributed by atoms with Crippen LogP contribution in [0.25, 0.3) is 0 Å². The first kappa shape index (κ1) is 14.2. The van der Waals surface area contributed by atoms with Crippen molar-refractivity contribution in [1.29, 1.82) is 0 Å². The quantitative estimate of drug-likeness (QED) is 0.915. The number of nitrogens with two attached hydrogens (primary N) is 1. The minimum Gasteiger partial charge on any atom is -0.484 e. The molecule has 1 aromatic rings. The van der Waals surface area contributed by atoms with Crippen molar-refractivity contribution in [3.63, 3.8) is 0 Å². The van der Waals surface area contributed by atoms with Gasteiger partial charge in [0.1, 0.15) is 6.10 Å².